The number of hydrogen-bond acceptors (Lipinski definition) is 5. The molecular weight excluding hydrogens is 434 g/mol. The van der Waals surface area contributed by atoms with Gasteiger partial charge in [0, 0.05) is 5.69 Å². The summed E-state index contributed by atoms with van der Waals surface area (Å²) in [6.07, 6.45) is 0. The van der Waals surface area contributed by atoms with Gasteiger partial charge in [-0.1, -0.05) is 42.0 Å². The van der Waals surface area contributed by atoms with Crippen molar-refractivity contribution in [3.63, 3.8) is 0 Å². The molecule has 1 heterocycles. The van der Waals surface area contributed by atoms with Crippen LogP contribution in [-0.2, 0) is 15.1 Å². The van der Waals surface area contributed by atoms with Crippen molar-refractivity contribution in [2.24, 2.45) is 0 Å². The minimum Gasteiger partial charge on any atom is -0.493 e. The van der Waals surface area contributed by atoms with Crippen molar-refractivity contribution >= 4 is 23.5 Å². The van der Waals surface area contributed by atoms with Gasteiger partial charge >= 0.3 is 6.03 Å². The Balaban J connectivity index is 1.39. The maximum Gasteiger partial charge on any atom is 0.325 e. The van der Waals surface area contributed by atoms with E-state index in [4.69, 9.17) is 9.47 Å². The van der Waals surface area contributed by atoms with Gasteiger partial charge in [0.05, 0.1) is 7.11 Å². The highest BCUT2D eigenvalue weighted by atomic mass is 16.5. The number of ether oxygens (including phenoxy) is 2. The number of urea groups is 1. The van der Waals surface area contributed by atoms with Crippen LogP contribution in [0.4, 0.5) is 10.5 Å². The molecule has 8 nitrogen and oxygen atoms in total. The summed E-state index contributed by atoms with van der Waals surface area (Å²) >= 11 is 0. The fraction of sp³-hybridized carbons (Fsp3) is 0.192. The van der Waals surface area contributed by atoms with E-state index in [1.165, 1.54) is 0 Å². The van der Waals surface area contributed by atoms with Crippen molar-refractivity contribution < 1.29 is 23.9 Å². The van der Waals surface area contributed by atoms with E-state index in [1.807, 2.05) is 31.2 Å². The molecule has 174 valence electrons. The number of nitrogens with zero attached hydrogens (tertiary/aromatic N) is 1. The largest absolute Gasteiger partial charge is 0.493 e. The van der Waals surface area contributed by atoms with E-state index in [0.29, 0.717) is 28.5 Å². The third-order valence-electron chi connectivity index (χ3n) is 5.64. The zero-order valence-corrected chi connectivity index (χ0v) is 19.1. The molecule has 3 aromatic rings. The Bertz CT molecular complexity index is 1220. The number of para-hydroxylation sites is 2. The molecule has 0 bridgehead atoms. The van der Waals surface area contributed by atoms with E-state index >= 15 is 0 Å². The maximum atomic E-state index is 13.0. The molecule has 4 rings (SSSR count). The molecule has 2 N–H and O–H groups in total. The van der Waals surface area contributed by atoms with Gasteiger partial charge in [-0.05, 0) is 55.8 Å². The Labute approximate surface area is 197 Å². The number of anilines is 1. The van der Waals surface area contributed by atoms with Crippen LogP contribution in [0.2, 0.25) is 0 Å². The van der Waals surface area contributed by atoms with Crippen LogP contribution >= 0.6 is 0 Å². The zero-order valence-electron chi connectivity index (χ0n) is 19.1. The van der Waals surface area contributed by atoms with Crippen LogP contribution in [-0.4, -0.2) is 36.4 Å². The lowest BCUT2D eigenvalue weighted by Crippen LogP contribution is -2.42. The highest BCUT2D eigenvalue weighted by Crippen LogP contribution is 2.32. The molecule has 1 aliphatic heterocycles. The number of carbonyl (C=O) groups excluding carboxylic acids is 3. The number of methoxy groups -OCH3 is 1. The van der Waals surface area contributed by atoms with Crippen LogP contribution in [0.25, 0.3) is 0 Å². The average Bonchev–Trinajstić information content (AvgIpc) is 3.05. The molecule has 1 saturated heterocycles. The van der Waals surface area contributed by atoms with Gasteiger partial charge in [-0.2, -0.15) is 0 Å². The predicted molar refractivity (Wildman–Crippen MR) is 127 cm³/mol. The number of nitrogens with one attached hydrogen (secondary N) is 2. The molecule has 0 aliphatic carbocycles. The molecule has 34 heavy (non-hydrogen) atoms. The molecule has 3 aromatic carbocycles. The second kappa shape index (κ2) is 9.27. The highest BCUT2D eigenvalue weighted by molar-refractivity contribution is 6.10. The van der Waals surface area contributed by atoms with E-state index in [9.17, 15) is 14.4 Å². The summed E-state index contributed by atoms with van der Waals surface area (Å²) in [7, 11) is 1.57. The van der Waals surface area contributed by atoms with Crippen molar-refractivity contribution in [3.05, 3.63) is 83.9 Å². The summed E-state index contributed by atoms with van der Waals surface area (Å²) in [5, 5.41) is 5.41. The number of carbonyl (C=O) groups is 3. The Kier molecular flexibility index (Phi) is 6.23. The monoisotopic (exact) mass is 459 g/mol. The van der Waals surface area contributed by atoms with Crippen LogP contribution in [0, 0.1) is 6.92 Å². The predicted octanol–water partition coefficient (Wildman–Crippen LogP) is 4.20. The molecule has 1 fully saturated rings. The Morgan fingerprint density at radius 1 is 0.971 bits per heavy atom. The van der Waals surface area contributed by atoms with E-state index in [2.05, 4.69) is 10.6 Å². The van der Waals surface area contributed by atoms with Crippen molar-refractivity contribution in [1.29, 1.82) is 0 Å². The number of hydrogen-bond donors (Lipinski definition) is 2. The van der Waals surface area contributed by atoms with Crippen LogP contribution in [0.5, 0.6) is 17.2 Å². The highest BCUT2D eigenvalue weighted by Gasteiger charge is 2.49. The van der Waals surface area contributed by atoms with Gasteiger partial charge in [0.25, 0.3) is 5.91 Å². The van der Waals surface area contributed by atoms with Crippen molar-refractivity contribution in [1.82, 2.24) is 10.2 Å². The first-order chi connectivity index (χ1) is 16.3. The minimum atomic E-state index is -1.22. The number of benzene rings is 3. The second-order valence-electron chi connectivity index (χ2n) is 8.14. The standard InChI is InChI=1S/C26H25N3O5/c1-17-8-10-18(11-9-17)26(2)24(31)29(25(32)28-26)16-23(30)27-19-12-14-20(15-13-19)34-22-7-5-4-6-21(22)33-3/h4-15H,16H2,1-3H3,(H,27,30)(H,28,32). The summed E-state index contributed by atoms with van der Waals surface area (Å²) in [6.45, 7) is 3.18. The first-order valence-corrected chi connectivity index (χ1v) is 10.7. The first kappa shape index (κ1) is 22.8. The second-order valence-corrected chi connectivity index (χ2v) is 8.14. The first-order valence-electron chi connectivity index (χ1n) is 10.7. The molecule has 0 radical (unpaired) electrons. The summed E-state index contributed by atoms with van der Waals surface area (Å²) < 4.78 is 11.1. The fourth-order valence-electron chi connectivity index (χ4n) is 3.70. The Morgan fingerprint density at radius 2 is 1.62 bits per heavy atom. The lowest BCUT2D eigenvalue weighted by atomic mass is 9.91. The summed E-state index contributed by atoms with van der Waals surface area (Å²) in [6, 6.07) is 20.7. The summed E-state index contributed by atoms with van der Waals surface area (Å²) in [4.78, 5) is 39.0. The van der Waals surface area contributed by atoms with Crippen LogP contribution < -0.4 is 20.1 Å². The number of imide groups is 1. The van der Waals surface area contributed by atoms with E-state index < -0.39 is 29.9 Å². The van der Waals surface area contributed by atoms with E-state index in [1.54, 1.807) is 62.6 Å². The normalized spacial score (nSPS) is 17.3. The van der Waals surface area contributed by atoms with E-state index in [-0.39, 0.29) is 0 Å². The van der Waals surface area contributed by atoms with Crippen LogP contribution in [0.15, 0.2) is 72.8 Å². The van der Waals surface area contributed by atoms with Gasteiger partial charge in [0.1, 0.15) is 17.8 Å². The number of aryl methyl sites for hydroxylation is 1. The smallest absolute Gasteiger partial charge is 0.325 e. The SMILES string of the molecule is COc1ccccc1Oc1ccc(NC(=O)CN2C(=O)NC(C)(c3ccc(C)cc3)C2=O)cc1. The van der Waals surface area contributed by atoms with Crippen molar-refractivity contribution in [2.75, 3.05) is 19.0 Å². The van der Waals surface area contributed by atoms with Gasteiger partial charge in [-0.15, -0.1) is 0 Å². The fourth-order valence-corrected chi connectivity index (χ4v) is 3.70. The molecule has 1 atom stereocenters. The van der Waals surface area contributed by atoms with Gasteiger partial charge in [-0.3, -0.25) is 14.5 Å². The molecule has 0 spiro atoms. The molecule has 0 saturated carbocycles. The minimum absolute atomic E-state index is 0.397. The molecule has 1 aliphatic rings. The Hall–Kier alpha value is -4.33. The zero-order chi connectivity index (χ0) is 24.3. The molecular formula is C26H25N3O5. The molecule has 8 heteroatoms. The maximum absolute atomic E-state index is 13.0. The average molecular weight is 460 g/mol. The van der Waals surface area contributed by atoms with E-state index in [0.717, 1.165) is 10.5 Å². The summed E-state index contributed by atoms with van der Waals surface area (Å²) in [5.74, 6) is 0.764. The quantitative estimate of drug-likeness (QED) is 0.516. The number of amides is 4. The van der Waals surface area contributed by atoms with Crippen molar-refractivity contribution in [3.8, 4) is 17.2 Å². The summed E-state index contributed by atoms with van der Waals surface area (Å²) in [5.41, 5.74) is 0.984. The third kappa shape index (κ3) is 4.56. The van der Waals surface area contributed by atoms with Crippen LogP contribution in [0.1, 0.15) is 18.1 Å². The van der Waals surface area contributed by atoms with Gasteiger partial charge in [0.2, 0.25) is 5.91 Å². The lowest BCUT2D eigenvalue weighted by Gasteiger charge is -2.22. The third-order valence-corrected chi connectivity index (χ3v) is 5.64. The van der Waals surface area contributed by atoms with Gasteiger partial charge in [-0.25, -0.2) is 4.79 Å². The lowest BCUT2D eigenvalue weighted by molar-refractivity contribution is -0.133. The van der Waals surface area contributed by atoms with Gasteiger partial charge in [0.15, 0.2) is 11.5 Å². The number of rotatable bonds is 7. The molecule has 1 unspecified atom stereocenters. The van der Waals surface area contributed by atoms with Gasteiger partial charge < -0.3 is 20.1 Å². The molecule has 4 amide bonds. The van der Waals surface area contributed by atoms with Crippen LogP contribution in [0.3, 0.4) is 0 Å². The topological polar surface area (TPSA) is 97.0 Å². The Morgan fingerprint density at radius 3 is 2.26 bits per heavy atom. The van der Waals surface area contributed by atoms with Crippen molar-refractivity contribution in [2.45, 2.75) is 19.4 Å². The molecule has 0 aromatic heterocycles.